The van der Waals surface area contributed by atoms with Crippen LogP contribution in [0.4, 0.5) is 11.5 Å². The number of aliphatic carboxylic acids is 1. The molecule has 0 atom stereocenters. The van der Waals surface area contributed by atoms with Crippen LogP contribution in [0.15, 0.2) is 54.7 Å². The van der Waals surface area contributed by atoms with E-state index in [2.05, 4.69) is 39.0 Å². The Kier molecular flexibility index (Phi) is 9.89. The second-order valence-corrected chi connectivity index (χ2v) is 8.73. The van der Waals surface area contributed by atoms with Gasteiger partial charge in [0, 0.05) is 57.1 Å². The fourth-order valence-corrected chi connectivity index (χ4v) is 4.77. The lowest BCUT2D eigenvalue weighted by Gasteiger charge is -2.37. The maximum atomic E-state index is 13.4. The minimum absolute atomic E-state index is 0.0791. The predicted octanol–water partition coefficient (Wildman–Crippen LogP) is 4.15. The molecule has 4 rings (SSSR count). The highest BCUT2D eigenvalue weighted by molar-refractivity contribution is 5.94. The fraction of sp³-hybridized carbons (Fsp3) is 0.519. The van der Waals surface area contributed by atoms with Gasteiger partial charge in [0.15, 0.2) is 0 Å². The smallest absolute Gasteiger partial charge is 0.306 e. The lowest BCUT2D eigenvalue weighted by molar-refractivity contribution is -0.144. The van der Waals surface area contributed by atoms with Gasteiger partial charge in [-0.05, 0) is 49.9 Å². The van der Waals surface area contributed by atoms with E-state index in [1.165, 1.54) is 5.69 Å². The number of anilines is 2. The molecule has 1 amide bonds. The molecule has 1 aliphatic carbocycles. The molecule has 0 radical (unpaired) electrons. The van der Waals surface area contributed by atoms with Gasteiger partial charge in [-0.15, -0.1) is 0 Å². The number of carboxylic acid groups (broad SMARTS) is 1. The molecule has 1 aromatic carbocycles. The normalized spacial score (nSPS) is 20.7. The van der Waals surface area contributed by atoms with E-state index in [1.54, 1.807) is 6.20 Å². The van der Waals surface area contributed by atoms with Crippen molar-refractivity contribution in [2.24, 2.45) is 11.8 Å². The van der Waals surface area contributed by atoms with Gasteiger partial charge in [0.25, 0.3) is 0 Å². The topological polar surface area (TPSA) is 77.0 Å². The molecule has 7 heteroatoms. The Balaban J connectivity index is 0.00000158. The number of carbonyl (C=O) groups is 2. The summed E-state index contributed by atoms with van der Waals surface area (Å²) < 4.78 is 0. The minimum Gasteiger partial charge on any atom is -0.481 e. The van der Waals surface area contributed by atoms with Gasteiger partial charge in [-0.1, -0.05) is 38.1 Å². The fourth-order valence-electron chi connectivity index (χ4n) is 4.77. The second-order valence-electron chi connectivity index (χ2n) is 8.73. The van der Waals surface area contributed by atoms with E-state index in [-0.39, 0.29) is 17.7 Å². The molecule has 7 nitrogen and oxygen atoms in total. The molecule has 184 valence electrons. The maximum absolute atomic E-state index is 13.4. The molecule has 1 aliphatic heterocycles. The lowest BCUT2D eigenvalue weighted by atomic mass is 9.81. The molecular formula is C27H38N4O3. The zero-order valence-corrected chi connectivity index (χ0v) is 20.5. The molecule has 0 spiro atoms. The average molecular weight is 467 g/mol. The SMILES string of the molecule is CC.O=C(O)C1CCC(C(=O)N(CCN2CCN(c3ccccc3)CC2)c2ccccn2)CC1. The number of carboxylic acids is 1. The summed E-state index contributed by atoms with van der Waals surface area (Å²) in [6, 6.07) is 16.1. The molecule has 1 saturated carbocycles. The van der Waals surface area contributed by atoms with Crippen LogP contribution >= 0.6 is 0 Å². The van der Waals surface area contributed by atoms with Crippen molar-refractivity contribution >= 4 is 23.4 Å². The van der Waals surface area contributed by atoms with Crippen LogP contribution in [0, 0.1) is 11.8 Å². The van der Waals surface area contributed by atoms with Crippen molar-refractivity contribution < 1.29 is 14.7 Å². The summed E-state index contributed by atoms with van der Waals surface area (Å²) in [5.41, 5.74) is 1.26. The average Bonchev–Trinajstić information content (AvgIpc) is 2.91. The van der Waals surface area contributed by atoms with Crippen LogP contribution in [-0.4, -0.2) is 66.1 Å². The van der Waals surface area contributed by atoms with Crippen LogP contribution in [0.1, 0.15) is 39.5 Å². The third kappa shape index (κ3) is 6.79. The van der Waals surface area contributed by atoms with E-state index < -0.39 is 5.97 Å². The summed E-state index contributed by atoms with van der Waals surface area (Å²) in [7, 11) is 0. The number of piperazine rings is 1. The van der Waals surface area contributed by atoms with Crippen LogP contribution in [0.25, 0.3) is 0 Å². The van der Waals surface area contributed by atoms with E-state index in [4.69, 9.17) is 0 Å². The molecular weight excluding hydrogens is 428 g/mol. The van der Waals surface area contributed by atoms with Crippen LogP contribution in [0.5, 0.6) is 0 Å². The molecule has 1 saturated heterocycles. The summed E-state index contributed by atoms with van der Waals surface area (Å²) >= 11 is 0. The van der Waals surface area contributed by atoms with E-state index in [1.807, 2.05) is 43.0 Å². The molecule has 2 heterocycles. The Hall–Kier alpha value is -2.93. The van der Waals surface area contributed by atoms with Gasteiger partial charge in [-0.2, -0.15) is 0 Å². The summed E-state index contributed by atoms with van der Waals surface area (Å²) in [6.07, 6.45) is 4.13. The van der Waals surface area contributed by atoms with E-state index in [9.17, 15) is 14.7 Å². The van der Waals surface area contributed by atoms with E-state index >= 15 is 0 Å². The predicted molar refractivity (Wildman–Crippen MR) is 136 cm³/mol. The number of nitrogens with zero attached hydrogens (tertiary/aromatic N) is 4. The maximum Gasteiger partial charge on any atom is 0.306 e. The van der Waals surface area contributed by atoms with Gasteiger partial charge in [0.05, 0.1) is 5.92 Å². The molecule has 2 aliphatic rings. The highest BCUT2D eigenvalue weighted by atomic mass is 16.4. The molecule has 0 bridgehead atoms. The summed E-state index contributed by atoms with van der Waals surface area (Å²) in [5.74, 6) is -0.422. The Morgan fingerprint density at radius 2 is 1.53 bits per heavy atom. The number of amides is 1. The molecule has 1 aromatic heterocycles. The van der Waals surface area contributed by atoms with Crippen LogP contribution in [0.3, 0.4) is 0 Å². The first-order chi connectivity index (χ1) is 16.6. The standard InChI is InChI=1S/C25H32N4O3.C2H6/c30-24(20-9-11-21(12-10-20)25(31)32)29(23-8-4-5-13-26-23)19-16-27-14-17-28(18-15-27)22-6-2-1-3-7-22;1-2/h1-8,13,20-21H,9-12,14-19H2,(H,31,32);1-2H3. The monoisotopic (exact) mass is 466 g/mol. The number of benzene rings is 1. The Labute approximate surface area is 203 Å². The highest BCUT2D eigenvalue weighted by Gasteiger charge is 2.33. The van der Waals surface area contributed by atoms with Gasteiger partial charge in [0.2, 0.25) is 5.91 Å². The van der Waals surface area contributed by atoms with Gasteiger partial charge in [-0.3, -0.25) is 19.4 Å². The van der Waals surface area contributed by atoms with Gasteiger partial charge >= 0.3 is 5.97 Å². The third-order valence-corrected chi connectivity index (χ3v) is 6.75. The number of hydrogen-bond donors (Lipinski definition) is 1. The number of carbonyl (C=O) groups excluding carboxylic acids is 1. The number of pyridine rings is 1. The van der Waals surface area contributed by atoms with Crippen molar-refractivity contribution in [3.05, 3.63) is 54.7 Å². The summed E-state index contributed by atoms with van der Waals surface area (Å²) in [5, 5.41) is 9.26. The van der Waals surface area contributed by atoms with Crippen molar-refractivity contribution in [3.63, 3.8) is 0 Å². The van der Waals surface area contributed by atoms with E-state index in [0.29, 0.717) is 38.0 Å². The van der Waals surface area contributed by atoms with Crippen molar-refractivity contribution in [1.82, 2.24) is 9.88 Å². The minimum atomic E-state index is -0.743. The van der Waals surface area contributed by atoms with Gasteiger partial charge in [-0.25, -0.2) is 4.98 Å². The van der Waals surface area contributed by atoms with Crippen molar-refractivity contribution in [2.45, 2.75) is 39.5 Å². The van der Waals surface area contributed by atoms with Crippen LogP contribution in [-0.2, 0) is 9.59 Å². The summed E-state index contributed by atoms with van der Waals surface area (Å²) in [4.78, 5) is 35.7. The highest BCUT2D eigenvalue weighted by Crippen LogP contribution is 2.31. The number of para-hydroxylation sites is 1. The Morgan fingerprint density at radius 1 is 0.912 bits per heavy atom. The van der Waals surface area contributed by atoms with Crippen molar-refractivity contribution in [3.8, 4) is 0 Å². The van der Waals surface area contributed by atoms with E-state index in [0.717, 1.165) is 32.7 Å². The third-order valence-electron chi connectivity index (χ3n) is 6.75. The Bertz CT molecular complexity index is 877. The van der Waals surface area contributed by atoms with Crippen LogP contribution < -0.4 is 9.80 Å². The summed E-state index contributed by atoms with van der Waals surface area (Å²) in [6.45, 7) is 9.27. The largest absolute Gasteiger partial charge is 0.481 e. The van der Waals surface area contributed by atoms with Crippen molar-refractivity contribution in [2.75, 3.05) is 49.1 Å². The first-order valence-corrected chi connectivity index (χ1v) is 12.6. The molecule has 1 N–H and O–H groups in total. The second kappa shape index (κ2) is 13.1. The van der Waals surface area contributed by atoms with Gasteiger partial charge < -0.3 is 10.0 Å². The molecule has 34 heavy (non-hydrogen) atoms. The van der Waals surface area contributed by atoms with Crippen LogP contribution in [0.2, 0.25) is 0 Å². The van der Waals surface area contributed by atoms with Gasteiger partial charge in [0.1, 0.15) is 5.82 Å². The lowest BCUT2D eigenvalue weighted by Crippen LogP contribution is -2.50. The molecule has 2 fully saturated rings. The molecule has 2 aromatic rings. The number of rotatable bonds is 7. The quantitative estimate of drug-likeness (QED) is 0.661. The zero-order valence-electron chi connectivity index (χ0n) is 20.5. The zero-order chi connectivity index (χ0) is 24.3. The number of aromatic nitrogens is 1. The first-order valence-electron chi connectivity index (χ1n) is 12.6. The molecule has 0 unspecified atom stereocenters. The Morgan fingerprint density at radius 3 is 2.12 bits per heavy atom. The first kappa shape index (κ1) is 25.7. The van der Waals surface area contributed by atoms with Crippen molar-refractivity contribution in [1.29, 1.82) is 0 Å². The number of hydrogen-bond acceptors (Lipinski definition) is 5.